The molecule has 4 heteroatoms. The Morgan fingerprint density at radius 2 is 2.23 bits per heavy atom. The van der Waals surface area contributed by atoms with Crippen molar-refractivity contribution in [3.05, 3.63) is 17.0 Å². The molecule has 0 aliphatic carbocycles. The average molecular weight is 218 g/mol. The van der Waals surface area contributed by atoms with Gasteiger partial charge >= 0.3 is 0 Å². The van der Waals surface area contributed by atoms with Crippen molar-refractivity contribution in [2.24, 2.45) is 5.92 Å². The van der Waals surface area contributed by atoms with Crippen LogP contribution in [-0.4, -0.2) is 11.3 Å². The van der Waals surface area contributed by atoms with E-state index in [2.05, 4.69) is 13.8 Å². The van der Waals surface area contributed by atoms with Gasteiger partial charge in [0.1, 0.15) is 4.21 Å². The quantitative estimate of drug-likeness (QED) is 0.776. The van der Waals surface area contributed by atoms with Crippen molar-refractivity contribution >= 4 is 22.4 Å². The molecule has 1 rings (SSSR count). The fourth-order valence-corrected chi connectivity index (χ4v) is 3.13. The summed E-state index contributed by atoms with van der Waals surface area (Å²) >= 11 is 0.303. The third-order valence-corrected chi connectivity index (χ3v) is 3.89. The summed E-state index contributed by atoms with van der Waals surface area (Å²) in [4.78, 5) is 1.27. The first-order valence-corrected chi connectivity index (χ1v) is 6.07. The Labute approximate surface area is 85.6 Å². The normalized spacial score (nSPS) is 13.5. The Morgan fingerprint density at radius 3 is 2.77 bits per heavy atom. The third kappa shape index (κ3) is 3.21. The van der Waals surface area contributed by atoms with Gasteiger partial charge in [-0.1, -0.05) is 13.8 Å². The van der Waals surface area contributed by atoms with Crippen molar-refractivity contribution in [1.29, 1.82) is 0 Å². The van der Waals surface area contributed by atoms with Gasteiger partial charge in [0.2, 0.25) is 0 Å². The molecule has 0 bridgehead atoms. The molecule has 0 fully saturated rings. The van der Waals surface area contributed by atoms with Crippen molar-refractivity contribution in [1.82, 2.24) is 0 Å². The zero-order valence-corrected chi connectivity index (χ0v) is 9.71. The fourth-order valence-electron chi connectivity index (χ4n) is 1.04. The van der Waals surface area contributed by atoms with E-state index >= 15 is 0 Å². The zero-order chi connectivity index (χ0) is 9.84. The Hall–Kier alpha value is -0.190. The van der Waals surface area contributed by atoms with Gasteiger partial charge in [-0.3, -0.25) is 4.18 Å². The lowest BCUT2D eigenvalue weighted by molar-refractivity contribution is 0.447. The van der Waals surface area contributed by atoms with E-state index in [9.17, 15) is 4.21 Å². The van der Waals surface area contributed by atoms with Gasteiger partial charge in [0.15, 0.2) is 11.1 Å². The largest absolute Gasteiger partial charge is 0.289 e. The molecule has 13 heavy (non-hydrogen) atoms. The van der Waals surface area contributed by atoms with Gasteiger partial charge in [-0.2, -0.15) is 0 Å². The van der Waals surface area contributed by atoms with Gasteiger partial charge in [0.25, 0.3) is 0 Å². The fraction of sp³-hybridized carbons (Fsp3) is 0.556. The summed E-state index contributed by atoms with van der Waals surface area (Å²) in [7, 11) is 1.46. The van der Waals surface area contributed by atoms with E-state index < -0.39 is 11.1 Å². The molecule has 1 atom stereocenters. The average Bonchev–Trinajstić information content (AvgIpc) is 2.50. The minimum atomic E-state index is -1.27. The topological polar surface area (TPSA) is 26.3 Å². The summed E-state index contributed by atoms with van der Waals surface area (Å²) < 4.78 is 16.8. The summed E-state index contributed by atoms with van der Waals surface area (Å²) in [5.74, 6) is 0.641. The molecular formula is C9H14O2S2. The molecule has 0 aliphatic rings. The van der Waals surface area contributed by atoms with Crippen LogP contribution in [-0.2, 0) is 21.7 Å². The van der Waals surface area contributed by atoms with Crippen LogP contribution in [0.2, 0.25) is 0 Å². The molecule has 1 aromatic rings. The van der Waals surface area contributed by atoms with Gasteiger partial charge < -0.3 is 0 Å². The van der Waals surface area contributed by atoms with Gasteiger partial charge in [-0.15, -0.1) is 11.3 Å². The van der Waals surface area contributed by atoms with Gasteiger partial charge in [0.05, 0.1) is 7.11 Å². The number of rotatable bonds is 4. The second-order valence-electron chi connectivity index (χ2n) is 3.22. The summed E-state index contributed by atoms with van der Waals surface area (Å²) in [5.41, 5.74) is 0. The SMILES string of the molecule is COS(=O)c1ccc(CC(C)C)s1. The summed E-state index contributed by atoms with van der Waals surface area (Å²) in [6.07, 6.45) is 1.05. The predicted octanol–water partition coefficient (Wildman–Crippen LogP) is 2.62. The lowest BCUT2D eigenvalue weighted by Gasteiger charge is -1.99. The Bertz CT molecular complexity index is 292. The van der Waals surface area contributed by atoms with Crippen LogP contribution in [0, 0.1) is 5.92 Å². The van der Waals surface area contributed by atoms with Crippen LogP contribution in [0.5, 0.6) is 0 Å². The van der Waals surface area contributed by atoms with Crippen molar-refractivity contribution in [2.45, 2.75) is 24.5 Å². The molecule has 74 valence electrons. The molecule has 0 spiro atoms. The molecule has 0 saturated heterocycles. The van der Waals surface area contributed by atoms with Crippen molar-refractivity contribution in [3.63, 3.8) is 0 Å². The lowest BCUT2D eigenvalue weighted by Crippen LogP contribution is -1.90. The molecule has 0 aromatic carbocycles. The molecule has 0 aliphatic heterocycles. The van der Waals surface area contributed by atoms with E-state index in [-0.39, 0.29) is 0 Å². The van der Waals surface area contributed by atoms with E-state index in [1.54, 1.807) is 11.3 Å². The van der Waals surface area contributed by atoms with E-state index in [0.717, 1.165) is 10.6 Å². The van der Waals surface area contributed by atoms with Crippen molar-refractivity contribution in [2.75, 3.05) is 7.11 Å². The monoisotopic (exact) mass is 218 g/mol. The number of hydrogen-bond donors (Lipinski definition) is 0. The van der Waals surface area contributed by atoms with Crippen LogP contribution in [0.4, 0.5) is 0 Å². The Morgan fingerprint density at radius 1 is 1.54 bits per heavy atom. The van der Waals surface area contributed by atoms with E-state index in [1.165, 1.54) is 12.0 Å². The van der Waals surface area contributed by atoms with E-state index in [0.29, 0.717) is 5.92 Å². The first kappa shape index (κ1) is 10.9. The highest BCUT2D eigenvalue weighted by molar-refractivity contribution is 7.82. The van der Waals surface area contributed by atoms with Crippen LogP contribution in [0.3, 0.4) is 0 Å². The van der Waals surface area contributed by atoms with Crippen molar-refractivity contribution in [3.8, 4) is 0 Å². The molecular weight excluding hydrogens is 204 g/mol. The molecule has 0 radical (unpaired) electrons. The minimum Gasteiger partial charge on any atom is -0.289 e. The van der Waals surface area contributed by atoms with E-state index in [4.69, 9.17) is 4.18 Å². The first-order chi connectivity index (χ1) is 6.13. The molecule has 1 unspecified atom stereocenters. The molecule has 0 amide bonds. The Balaban J connectivity index is 2.69. The summed E-state index contributed by atoms with van der Waals surface area (Å²) in [6, 6.07) is 3.90. The zero-order valence-electron chi connectivity index (χ0n) is 8.07. The predicted molar refractivity (Wildman–Crippen MR) is 56.3 cm³/mol. The summed E-state index contributed by atoms with van der Waals surface area (Å²) in [6.45, 7) is 4.35. The van der Waals surface area contributed by atoms with Crippen LogP contribution < -0.4 is 0 Å². The van der Waals surface area contributed by atoms with Crippen molar-refractivity contribution < 1.29 is 8.39 Å². The smallest absolute Gasteiger partial charge is 0.199 e. The van der Waals surface area contributed by atoms with Crippen LogP contribution in [0.25, 0.3) is 0 Å². The second-order valence-corrected chi connectivity index (χ2v) is 5.89. The molecule has 2 nitrogen and oxygen atoms in total. The van der Waals surface area contributed by atoms with Crippen LogP contribution >= 0.6 is 11.3 Å². The molecule has 1 heterocycles. The highest BCUT2D eigenvalue weighted by atomic mass is 32.2. The highest BCUT2D eigenvalue weighted by Gasteiger charge is 2.07. The van der Waals surface area contributed by atoms with Gasteiger partial charge in [0, 0.05) is 4.88 Å². The van der Waals surface area contributed by atoms with Crippen LogP contribution in [0.1, 0.15) is 18.7 Å². The molecule has 1 aromatic heterocycles. The number of thiophene rings is 1. The molecule has 0 N–H and O–H groups in total. The molecule has 0 saturated carbocycles. The number of hydrogen-bond acceptors (Lipinski definition) is 3. The highest BCUT2D eigenvalue weighted by Crippen LogP contribution is 2.22. The standard InChI is InChI=1S/C9H14O2S2/c1-7(2)6-8-4-5-9(12-8)13(10)11-3/h4-5,7H,6H2,1-3H3. The van der Waals surface area contributed by atoms with Gasteiger partial charge in [-0.05, 0) is 24.5 Å². The maximum Gasteiger partial charge on any atom is 0.199 e. The Kier molecular flexibility index (Phi) is 4.09. The lowest BCUT2D eigenvalue weighted by atomic mass is 10.1. The van der Waals surface area contributed by atoms with Gasteiger partial charge in [-0.25, -0.2) is 4.21 Å². The second kappa shape index (κ2) is 4.88. The van der Waals surface area contributed by atoms with Crippen LogP contribution in [0.15, 0.2) is 16.3 Å². The summed E-state index contributed by atoms with van der Waals surface area (Å²) in [5, 5.41) is 0. The maximum atomic E-state index is 11.2. The first-order valence-electron chi connectivity index (χ1n) is 4.18. The minimum absolute atomic E-state index is 0.641. The van der Waals surface area contributed by atoms with E-state index in [1.807, 2.05) is 12.1 Å². The third-order valence-electron chi connectivity index (χ3n) is 1.56. The maximum absolute atomic E-state index is 11.2.